The fourth-order valence-electron chi connectivity index (χ4n) is 2.99. The van der Waals surface area contributed by atoms with Crippen LogP contribution in [0.2, 0.25) is 0 Å². The number of sulfonamides is 1. The van der Waals surface area contributed by atoms with Crippen LogP contribution in [0.15, 0.2) is 48.5 Å². The molecule has 3 rings (SSSR count). The maximum Gasteiger partial charge on any atom is 0.242 e. The van der Waals surface area contributed by atoms with E-state index in [4.69, 9.17) is 4.74 Å². The molecular formula is C18H22N4O4S. The Morgan fingerprint density at radius 2 is 1.85 bits per heavy atom. The second-order valence-corrected chi connectivity index (χ2v) is 8.06. The van der Waals surface area contributed by atoms with Gasteiger partial charge in [-0.15, -0.1) is 0 Å². The van der Waals surface area contributed by atoms with E-state index in [-0.39, 0.29) is 11.9 Å². The van der Waals surface area contributed by atoms with Crippen LogP contribution in [0.1, 0.15) is 18.0 Å². The Bertz CT molecular complexity index is 932. The van der Waals surface area contributed by atoms with Gasteiger partial charge in [0.1, 0.15) is 11.8 Å². The summed E-state index contributed by atoms with van der Waals surface area (Å²) in [5, 5.41) is 2.80. The van der Waals surface area contributed by atoms with Crippen molar-refractivity contribution in [2.75, 3.05) is 23.4 Å². The lowest BCUT2D eigenvalue weighted by molar-refractivity contribution is -0.117. The number of carbonyl (C=O) groups excluding carboxylic acids is 1. The average molecular weight is 390 g/mol. The zero-order chi connectivity index (χ0) is 19.4. The molecule has 1 aliphatic heterocycles. The number of benzene rings is 2. The molecule has 1 aliphatic rings. The number of amides is 1. The van der Waals surface area contributed by atoms with Crippen molar-refractivity contribution >= 4 is 27.3 Å². The molecule has 0 aromatic heterocycles. The molecule has 2 aromatic rings. The molecule has 0 saturated carbocycles. The number of para-hydroxylation sites is 1. The summed E-state index contributed by atoms with van der Waals surface area (Å²) in [6.07, 6.45) is 1.62. The molecule has 0 spiro atoms. The van der Waals surface area contributed by atoms with Crippen molar-refractivity contribution in [1.29, 1.82) is 0 Å². The number of nitrogens with one attached hydrogen (secondary N) is 4. The van der Waals surface area contributed by atoms with E-state index in [0.717, 1.165) is 17.6 Å². The molecule has 0 bridgehead atoms. The Kier molecular flexibility index (Phi) is 5.64. The van der Waals surface area contributed by atoms with Crippen LogP contribution in [0.4, 0.5) is 11.4 Å². The Hall–Kier alpha value is -2.62. The van der Waals surface area contributed by atoms with Gasteiger partial charge in [-0.2, -0.15) is 0 Å². The first-order valence-electron chi connectivity index (χ1n) is 8.38. The molecule has 1 heterocycles. The number of hydrogen-bond acceptors (Lipinski definition) is 6. The highest BCUT2D eigenvalue weighted by Crippen LogP contribution is 2.30. The van der Waals surface area contributed by atoms with Crippen molar-refractivity contribution in [1.82, 2.24) is 10.9 Å². The summed E-state index contributed by atoms with van der Waals surface area (Å²) < 4.78 is 30.4. The third kappa shape index (κ3) is 4.97. The van der Waals surface area contributed by atoms with Gasteiger partial charge in [-0.05, 0) is 30.7 Å². The molecule has 27 heavy (non-hydrogen) atoms. The first-order chi connectivity index (χ1) is 12.9. The monoisotopic (exact) mass is 390 g/mol. The summed E-state index contributed by atoms with van der Waals surface area (Å²) in [4.78, 5) is 12.6. The molecule has 4 N–H and O–H groups in total. The first-order valence-corrected chi connectivity index (χ1v) is 10.3. The SMILES string of the molecule is COc1ccccc1C1CC(C(=O)Nc2cccc(NS(C)(=O)=O)c2)NN1. The lowest BCUT2D eigenvalue weighted by atomic mass is 10.0. The molecular weight excluding hydrogens is 368 g/mol. The predicted octanol–water partition coefficient (Wildman–Crippen LogP) is 1.61. The topological polar surface area (TPSA) is 109 Å². The minimum absolute atomic E-state index is 0.0601. The summed E-state index contributed by atoms with van der Waals surface area (Å²) >= 11 is 0. The predicted molar refractivity (Wildman–Crippen MR) is 104 cm³/mol. The van der Waals surface area contributed by atoms with E-state index < -0.39 is 16.1 Å². The van der Waals surface area contributed by atoms with E-state index in [9.17, 15) is 13.2 Å². The van der Waals surface area contributed by atoms with E-state index in [1.165, 1.54) is 0 Å². The van der Waals surface area contributed by atoms with E-state index in [0.29, 0.717) is 17.8 Å². The summed E-state index contributed by atoms with van der Waals surface area (Å²) in [6.45, 7) is 0. The molecule has 0 radical (unpaired) electrons. The van der Waals surface area contributed by atoms with Crippen molar-refractivity contribution in [3.63, 3.8) is 0 Å². The molecule has 1 saturated heterocycles. The highest BCUT2D eigenvalue weighted by Gasteiger charge is 2.31. The zero-order valence-electron chi connectivity index (χ0n) is 15.0. The fourth-order valence-corrected chi connectivity index (χ4v) is 3.55. The van der Waals surface area contributed by atoms with E-state index in [1.54, 1.807) is 31.4 Å². The largest absolute Gasteiger partial charge is 0.496 e. The number of methoxy groups -OCH3 is 1. The quantitative estimate of drug-likeness (QED) is 0.597. The number of rotatable bonds is 6. The molecule has 9 heteroatoms. The van der Waals surface area contributed by atoms with Crippen molar-refractivity contribution in [3.05, 3.63) is 54.1 Å². The van der Waals surface area contributed by atoms with E-state index in [2.05, 4.69) is 20.9 Å². The third-order valence-corrected chi connectivity index (χ3v) is 4.77. The number of anilines is 2. The second kappa shape index (κ2) is 7.95. The Morgan fingerprint density at radius 3 is 2.59 bits per heavy atom. The first kappa shape index (κ1) is 19.2. The van der Waals surface area contributed by atoms with Gasteiger partial charge >= 0.3 is 0 Å². The summed E-state index contributed by atoms with van der Waals surface area (Å²) in [6, 6.07) is 13.7. The summed E-state index contributed by atoms with van der Waals surface area (Å²) in [5.74, 6) is 0.550. The van der Waals surface area contributed by atoms with Crippen molar-refractivity contribution in [3.8, 4) is 5.75 Å². The zero-order valence-corrected chi connectivity index (χ0v) is 15.8. The van der Waals surface area contributed by atoms with Crippen molar-refractivity contribution < 1.29 is 17.9 Å². The van der Waals surface area contributed by atoms with Gasteiger partial charge in [-0.3, -0.25) is 9.52 Å². The molecule has 1 amide bonds. The molecule has 2 unspecified atom stereocenters. The van der Waals surface area contributed by atoms with Gasteiger partial charge < -0.3 is 10.1 Å². The molecule has 144 valence electrons. The van der Waals surface area contributed by atoms with Crippen LogP contribution < -0.4 is 25.6 Å². The summed E-state index contributed by atoms with van der Waals surface area (Å²) in [7, 11) is -1.77. The van der Waals surface area contributed by atoms with Crippen LogP contribution in [0, 0.1) is 0 Å². The Labute approximate surface area is 158 Å². The number of ether oxygens (including phenoxy) is 1. The van der Waals surface area contributed by atoms with Crippen LogP contribution in [-0.4, -0.2) is 33.7 Å². The lowest BCUT2D eigenvalue weighted by Crippen LogP contribution is -2.39. The van der Waals surface area contributed by atoms with Gasteiger partial charge in [0.05, 0.1) is 25.1 Å². The fraction of sp³-hybridized carbons (Fsp3) is 0.278. The van der Waals surface area contributed by atoms with Crippen LogP contribution in [0.25, 0.3) is 0 Å². The molecule has 8 nitrogen and oxygen atoms in total. The Balaban J connectivity index is 1.65. The highest BCUT2D eigenvalue weighted by molar-refractivity contribution is 7.92. The van der Waals surface area contributed by atoms with E-state index in [1.807, 2.05) is 24.3 Å². The van der Waals surface area contributed by atoms with Crippen LogP contribution in [0.5, 0.6) is 5.75 Å². The van der Waals surface area contributed by atoms with Crippen LogP contribution in [0.3, 0.4) is 0 Å². The average Bonchev–Trinajstić information content (AvgIpc) is 3.10. The van der Waals surface area contributed by atoms with Gasteiger partial charge in [0, 0.05) is 11.3 Å². The van der Waals surface area contributed by atoms with Crippen LogP contribution >= 0.6 is 0 Å². The van der Waals surface area contributed by atoms with Gasteiger partial charge in [-0.25, -0.2) is 19.3 Å². The van der Waals surface area contributed by atoms with Crippen molar-refractivity contribution in [2.45, 2.75) is 18.5 Å². The van der Waals surface area contributed by atoms with Gasteiger partial charge in [-0.1, -0.05) is 24.3 Å². The molecule has 1 fully saturated rings. The third-order valence-electron chi connectivity index (χ3n) is 4.17. The molecule has 2 atom stereocenters. The Morgan fingerprint density at radius 1 is 1.11 bits per heavy atom. The minimum atomic E-state index is -3.38. The van der Waals surface area contributed by atoms with Crippen LogP contribution in [-0.2, 0) is 14.8 Å². The van der Waals surface area contributed by atoms with Crippen molar-refractivity contribution in [2.24, 2.45) is 0 Å². The number of hydrazine groups is 1. The van der Waals surface area contributed by atoms with E-state index >= 15 is 0 Å². The molecule has 0 aliphatic carbocycles. The van der Waals surface area contributed by atoms with Gasteiger partial charge in [0.25, 0.3) is 0 Å². The van der Waals surface area contributed by atoms with Gasteiger partial charge in [0.15, 0.2) is 0 Å². The highest BCUT2D eigenvalue weighted by atomic mass is 32.2. The maximum atomic E-state index is 12.6. The molecule has 2 aromatic carbocycles. The van der Waals surface area contributed by atoms with Gasteiger partial charge in [0.2, 0.25) is 15.9 Å². The number of carbonyl (C=O) groups is 1. The lowest BCUT2D eigenvalue weighted by Gasteiger charge is -2.14. The number of hydrogen-bond donors (Lipinski definition) is 4. The smallest absolute Gasteiger partial charge is 0.242 e. The minimum Gasteiger partial charge on any atom is -0.496 e. The standard InChI is InChI=1S/C18H22N4O4S/c1-26-17-9-4-3-8-14(17)15-11-16(21-20-15)18(23)19-12-6-5-7-13(10-12)22-27(2,24)25/h3-10,15-16,20-22H,11H2,1-2H3,(H,19,23). The maximum absolute atomic E-state index is 12.6. The normalized spacial score (nSPS) is 19.5. The summed E-state index contributed by atoms with van der Waals surface area (Å²) in [5.41, 5.74) is 8.00. The second-order valence-electron chi connectivity index (χ2n) is 6.32.